The first-order valence-electron chi connectivity index (χ1n) is 9.12. The van der Waals surface area contributed by atoms with Crippen LogP contribution in [0.5, 0.6) is 0 Å². The molecule has 3 aliphatic carbocycles. The van der Waals surface area contributed by atoms with Gasteiger partial charge < -0.3 is 5.73 Å². The number of carbonyl (C=O) groups excluding carboxylic acids is 2. The van der Waals surface area contributed by atoms with E-state index in [1.807, 2.05) is 0 Å². The molecule has 0 bridgehead atoms. The zero-order chi connectivity index (χ0) is 19.3. The molecule has 3 saturated carbocycles. The summed E-state index contributed by atoms with van der Waals surface area (Å²) >= 11 is 17.8. The van der Waals surface area contributed by atoms with Crippen LogP contribution in [-0.4, -0.2) is 22.4 Å². The molecule has 4 rings (SSSR count). The third-order valence-electron chi connectivity index (χ3n) is 6.16. The number of nitrogens with zero attached hydrogens (tertiary/aromatic N) is 2. The van der Waals surface area contributed by atoms with Crippen LogP contribution in [0.2, 0.25) is 15.2 Å². The highest BCUT2D eigenvalue weighted by molar-refractivity contribution is 6.46. The maximum absolute atomic E-state index is 12.9. The first kappa shape index (κ1) is 19.0. The number of anilines is 1. The van der Waals surface area contributed by atoms with E-state index < -0.39 is 5.91 Å². The zero-order valence-corrected chi connectivity index (χ0v) is 16.7. The summed E-state index contributed by atoms with van der Waals surface area (Å²) in [6.45, 7) is 0. The quantitative estimate of drug-likeness (QED) is 0.545. The first-order valence-corrected chi connectivity index (χ1v) is 10.3. The molecular formula is C18H19Cl3N4O2. The summed E-state index contributed by atoms with van der Waals surface area (Å²) in [5.41, 5.74) is 8.46. The normalized spacial score (nSPS) is 31.1. The number of aromatic nitrogens is 1. The summed E-state index contributed by atoms with van der Waals surface area (Å²) in [6.07, 6.45) is 6.41. The molecule has 1 heterocycles. The number of nitrogen functional groups attached to an aromatic ring is 1. The molecule has 9 heteroatoms. The highest BCUT2D eigenvalue weighted by atomic mass is 35.5. The van der Waals surface area contributed by atoms with Gasteiger partial charge in [0.25, 0.3) is 5.91 Å². The molecule has 1 aromatic rings. The molecule has 4 unspecified atom stereocenters. The predicted octanol–water partition coefficient (Wildman–Crippen LogP) is 4.13. The fourth-order valence-electron chi connectivity index (χ4n) is 5.03. The standard InChI is InChI=1S/C18H19Cl3N4O2/c19-11-13(22)12(20)17(21)23-15(11)18(27)25-24-14-8-5-1-3-7-4-2-6-9(10(7)8)16(14)26/h7-10H,1-6H2,(H2,22,23)(H,25,27)/b24-14+. The van der Waals surface area contributed by atoms with E-state index in [4.69, 9.17) is 40.5 Å². The van der Waals surface area contributed by atoms with E-state index in [0.29, 0.717) is 17.5 Å². The van der Waals surface area contributed by atoms with Gasteiger partial charge in [0, 0.05) is 11.8 Å². The second-order valence-corrected chi connectivity index (χ2v) is 8.62. The molecule has 6 nitrogen and oxygen atoms in total. The van der Waals surface area contributed by atoms with E-state index in [1.54, 1.807) is 0 Å². The molecule has 0 aromatic carbocycles. The van der Waals surface area contributed by atoms with Crippen LogP contribution >= 0.6 is 34.8 Å². The van der Waals surface area contributed by atoms with Crippen LogP contribution in [0.3, 0.4) is 0 Å². The Hall–Kier alpha value is -1.37. The van der Waals surface area contributed by atoms with Crippen LogP contribution in [-0.2, 0) is 4.79 Å². The maximum Gasteiger partial charge on any atom is 0.291 e. The number of rotatable bonds is 2. The third-order valence-corrected chi connectivity index (χ3v) is 7.29. The van der Waals surface area contributed by atoms with Crippen LogP contribution in [0, 0.1) is 23.7 Å². The number of amides is 1. The molecule has 3 N–H and O–H groups in total. The lowest BCUT2D eigenvalue weighted by molar-refractivity contribution is -0.118. The summed E-state index contributed by atoms with van der Waals surface area (Å²) in [5.74, 6) is 0.549. The molecule has 0 aliphatic heterocycles. The number of halogens is 3. The molecule has 1 aromatic heterocycles. The van der Waals surface area contributed by atoms with Gasteiger partial charge in [-0.1, -0.05) is 60.5 Å². The van der Waals surface area contributed by atoms with E-state index in [1.165, 1.54) is 12.8 Å². The number of carbonyl (C=O) groups is 2. The van der Waals surface area contributed by atoms with Crippen molar-refractivity contribution in [2.24, 2.45) is 28.8 Å². The highest BCUT2D eigenvalue weighted by Crippen LogP contribution is 2.52. The molecule has 4 atom stereocenters. The molecule has 144 valence electrons. The first-order chi connectivity index (χ1) is 12.9. The van der Waals surface area contributed by atoms with Crippen molar-refractivity contribution in [3.8, 4) is 0 Å². The number of nitrogens with two attached hydrogens (primary N) is 1. The smallest absolute Gasteiger partial charge is 0.291 e. The lowest BCUT2D eigenvalue weighted by atomic mass is 9.65. The largest absolute Gasteiger partial charge is 0.396 e. The SMILES string of the molecule is Nc1c(Cl)c(Cl)nc(C(=O)N/N=C2/C(=O)C3CCCC4CCCC2C43)c1Cl. The van der Waals surface area contributed by atoms with Gasteiger partial charge in [-0.2, -0.15) is 5.10 Å². The van der Waals surface area contributed by atoms with Crippen molar-refractivity contribution in [2.75, 3.05) is 5.73 Å². The van der Waals surface area contributed by atoms with E-state index >= 15 is 0 Å². The van der Waals surface area contributed by atoms with Crippen molar-refractivity contribution in [2.45, 2.75) is 38.5 Å². The van der Waals surface area contributed by atoms with Crippen LogP contribution < -0.4 is 11.2 Å². The number of pyridine rings is 1. The maximum atomic E-state index is 12.9. The number of Topliss-reactive ketones (excluding diaryl/α,β-unsaturated/α-hetero) is 1. The van der Waals surface area contributed by atoms with E-state index in [-0.39, 0.29) is 44.2 Å². The highest BCUT2D eigenvalue weighted by Gasteiger charge is 2.53. The fraction of sp³-hybridized carbons (Fsp3) is 0.556. The Morgan fingerprint density at radius 1 is 1.07 bits per heavy atom. The van der Waals surface area contributed by atoms with E-state index in [9.17, 15) is 9.59 Å². The lowest BCUT2D eigenvalue weighted by Crippen LogP contribution is -2.33. The van der Waals surface area contributed by atoms with Gasteiger partial charge in [0.05, 0.1) is 10.7 Å². The summed E-state index contributed by atoms with van der Waals surface area (Å²) in [6, 6.07) is 0. The predicted molar refractivity (Wildman–Crippen MR) is 105 cm³/mol. The molecule has 0 spiro atoms. The summed E-state index contributed by atoms with van der Waals surface area (Å²) < 4.78 is 0. The third kappa shape index (κ3) is 3.12. The van der Waals surface area contributed by atoms with Gasteiger partial charge in [0.1, 0.15) is 10.7 Å². The number of hydrazone groups is 1. The van der Waals surface area contributed by atoms with Crippen LogP contribution in [0.4, 0.5) is 5.69 Å². The Morgan fingerprint density at radius 2 is 1.74 bits per heavy atom. The number of ketones is 1. The molecule has 3 aliphatic rings. The van der Waals surface area contributed by atoms with Crippen molar-refractivity contribution in [1.82, 2.24) is 10.4 Å². The molecule has 0 saturated heterocycles. The van der Waals surface area contributed by atoms with Crippen LogP contribution in [0.1, 0.15) is 49.0 Å². The molecule has 3 fully saturated rings. The van der Waals surface area contributed by atoms with Gasteiger partial charge in [-0.05, 0) is 24.7 Å². The van der Waals surface area contributed by atoms with Gasteiger partial charge in [-0.3, -0.25) is 9.59 Å². The second kappa shape index (κ2) is 7.22. The summed E-state index contributed by atoms with van der Waals surface area (Å²) in [5, 5.41) is 3.99. The Kier molecular flexibility index (Phi) is 5.08. The number of hydrogen-bond acceptors (Lipinski definition) is 5. The van der Waals surface area contributed by atoms with Crippen molar-refractivity contribution in [3.63, 3.8) is 0 Å². The van der Waals surface area contributed by atoms with Crippen molar-refractivity contribution < 1.29 is 9.59 Å². The zero-order valence-electron chi connectivity index (χ0n) is 14.5. The van der Waals surface area contributed by atoms with Gasteiger partial charge in [-0.15, -0.1) is 0 Å². The second-order valence-electron chi connectivity index (χ2n) is 7.51. The Morgan fingerprint density at radius 3 is 2.44 bits per heavy atom. The number of nitrogens with one attached hydrogen (secondary N) is 1. The van der Waals surface area contributed by atoms with Gasteiger partial charge >= 0.3 is 0 Å². The minimum absolute atomic E-state index is 0.00664. The average Bonchev–Trinajstić information content (AvgIpc) is 2.95. The summed E-state index contributed by atoms with van der Waals surface area (Å²) in [7, 11) is 0. The van der Waals surface area contributed by atoms with E-state index in [0.717, 1.165) is 25.7 Å². The van der Waals surface area contributed by atoms with Crippen molar-refractivity contribution in [1.29, 1.82) is 0 Å². The fourth-order valence-corrected chi connectivity index (χ4v) is 5.63. The summed E-state index contributed by atoms with van der Waals surface area (Å²) in [4.78, 5) is 29.3. The number of hydrogen-bond donors (Lipinski definition) is 2. The Balaban J connectivity index is 1.60. The molecule has 27 heavy (non-hydrogen) atoms. The van der Waals surface area contributed by atoms with Gasteiger partial charge in [0.15, 0.2) is 16.6 Å². The monoisotopic (exact) mass is 428 g/mol. The Bertz CT molecular complexity index is 855. The minimum atomic E-state index is -0.673. The molecular weight excluding hydrogens is 411 g/mol. The van der Waals surface area contributed by atoms with E-state index in [2.05, 4.69) is 15.5 Å². The van der Waals surface area contributed by atoms with Crippen LogP contribution in [0.25, 0.3) is 0 Å². The lowest BCUT2D eigenvalue weighted by Gasteiger charge is -2.39. The van der Waals surface area contributed by atoms with Crippen LogP contribution in [0.15, 0.2) is 5.10 Å². The molecule has 1 amide bonds. The van der Waals surface area contributed by atoms with Gasteiger partial charge in [0.2, 0.25) is 0 Å². The average molecular weight is 430 g/mol. The Labute approximate surface area is 171 Å². The van der Waals surface area contributed by atoms with Crippen molar-refractivity contribution >= 4 is 57.9 Å². The molecule has 0 radical (unpaired) electrons. The topological polar surface area (TPSA) is 97.4 Å². The minimum Gasteiger partial charge on any atom is -0.396 e. The van der Waals surface area contributed by atoms with Gasteiger partial charge in [-0.25, -0.2) is 10.4 Å². The van der Waals surface area contributed by atoms with Crippen molar-refractivity contribution in [3.05, 3.63) is 20.9 Å².